The number of thiazole rings is 1. The van der Waals surface area contributed by atoms with Crippen molar-refractivity contribution in [3.63, 3.8) is 0 Å². The molecule has 0 bridgehead atoms. The molecule has 2 aromatic rings. The Kier molecular flexibility index (Phi) is 7.28. The lowest BCUT2D eigenvalue weighted by atomic mass is 9.98. The first kappa shape index (κ1) is 22.0. The maximum Gasteiger partial charge on any atom is 0.281 e. The van der Waals surface area contributed by atoms with Crippen LogP contribution in [0.1, 0.15) is 46.3 Å². The van der Waals surface area contributed by atoms with Crippen LogP contribution in [0.5, 0.6) is 5.75 Å². The molecule has 1 aliphatic heterocycles. The average molecular weight is 433 g/mol. The summed E-state index contributed by atoms with van der Waals surface area (Å²) in [6.45, 7) is 10.7. The van der Waals surface area contributed by atoms with Crippen molar-refractivity contribution in [2.45, 2.75) is 33.6 Å². The van der Waals surface area contributed by atoms with Crippen molar-refractivity contribution >= 4 is 28.3 Å². The zero-order valence-corrected chi connectivity index (χ0v) is 18.6. The first-order valence-electron chi connectivity index (χ1n) is 9.97. The fraction of sp³-hybridized carbons (Fsp3) is 0.476. The molecule has 1 aliphatic rings. The highest BCUT2D eigenvalue weighted by Gasteiger charge is 2.20. The number of hydrogen-bond donors (Lipinski definition) is 2. The van der Waals surface area contributed by atoms with E-state index in [9.17, 15) is 9.59 Å². The third-order valence-corrected chi connectivity index (χ3v) is 6.04. The summed E-state index contributed by atoms with van der Waals surface area (Å²) in [4.78, 5) is 31.6. The molecule has 0 atom stereocenters. The molecule has 30 heavy (non-hydrogen) atoms. The molecular formula is C21H28N4O4S. The molecule has 2 heterocycles. The van der Waals surface area contributed by atoms with E-state index in [1.165, 1.54) is 16.9 Å². The van der Waals surface area contributed by atoms with Crippen molar-refractivity contribution in [2.24, 2.45) is 0 Å². The minimum atomic E-state index is -0.440. The summed E-state index contributed by atoms with van der Waals surface area (Å²) < 4.78 is 10.9. The fourth-order valence-electron chi connectivity index (χ4n) is 3.24. The lowest BCUT2D eigenvalue weighted by Gasteiger charge is -2.25. The number of benzene rings is 1. The Labute approximate surface area is 180 Å². The van der Waals surface area contributed by atoms with E-state index in [0.29, 0.717) is 35.5 Å². The number of nitrogens with zero attached hydrogens (tertiary/aromatic N) is 2. The van der Waals surface area contributed by atoms with Crippen LogP contribution in [-0.4, -0.2) is 49.7 Å². The van der Waals surface area contributed by atoms with Crippen molar-refractivity contribution in [1.82, 2.24) is 15.8 Å². The second-order valence-corrected chi connectivity index (χ2v) is 8.45. The Hall–Kier alpha value is -2.65. The minimum absolute atomic E-state index is 0.193. The van der Waals surface area contributed by atoms with Crippen LogP contribution in [-0.2, 0) is 9.53 Å². The molecule has 1 aromatic carbocycles. The van der Waals surface area contributed by atoms with Gasteiger partial charge in [0.15, 0.2) is 11.7 Å². The summed E-state index contributed by atoms with van der Waals surface area (Å²) in [6.07, 6.45) is 0. The molecular weight excluding hydrogens is 404 g/mol. The maximum atomic E-state index is 12.4. The predicted molar refractivity (Wildman–Crippen MR) is 116 cm³/mol. The highest BCUT2D eigenvalue weighted by molar-refractivity contribution is 7.17. The smallest absolute Gasteiger partial charge is 0.281 e. The van der Waals surface area contributed by atoms with E-state index in [4.69, 9.17) is 9.47 Å². The SMILES string of the molecule is Cc1cc(OCC(=O)NNC(=O)c2sc(N3CCOCC3)nc2C)ccc1C(C)C. The van der Waals surface area contributed by atoms with Gasteiger partial charge in [-0.25, -0.2) is 4.98 Å². The zero-order chi connectivity index (χ0) is 21.7. The topological polar surface area (TPSA) is 92.8 Å². The maximum absolute atomic E-state index is 12.4. The lowest BCUT2D eigenvalue weighted by molar-refractivity contribution is -0.123. The quantitative estimate of drug-likeness (QED) is 0.682. The second kappa shape index (κ2) is 9.90. The van der Waals surface area contributed by atoms with Gasteiger partial charge in [0.1, 0.15) is 10.6 Å². The molecule has 0 spiro atoms. The van der Waals surface area contributed by atoms with E-state index in [0.717, 1.165) is 23.8 Å². The predicted octanol–water partition coefficient (Wildman–Crippen LogP) is 2.56. The minimum Gasteiger partial charge on any atom is -0.484 e. The third kappa shape index (κ3) is 5.48. The number of hydrogen-bond acceptors (Lipinski definition) is 7. The monoisotopic (exact) mass is 432 g/mol. The van der Waals surface area contributed by atoms with Gasteiger partial charge in [-0.3, -0.25) is 20.4 Å². The van der Waals surface area contributed by atoms with Crippen molar-refractivity contribution in [3.8, 4) is 5.75 Å². The van der Waals surface area contributed by atoms with E-state index in [2.05, 4.69) is 34.6 Å². The summed E-state index contributed by atoms with van der Waals surface area (Å²) in [6, 6.07) is 5.77. The summed E-state index contributed by atoms with van der Waals surface area (Å²) >= 11 is 1.31. The van der Waals surface area contributed by atoms with Gasteiger partial charge in [0, 0.05) is 13.1 Å². The molecule has 1 aromatic heterocycles. The number of carbonyl (C=O) groups excluding carboxylic acids is 2. The normalized spacial score (nSPS) is 14.0. The van der Waals surface area contributed by atoms with E-state index in [1.54, 1.807) is 6.92 Å². The van der Waals surface area contributed by atoms with Crippen LogP contribution in [0.3, 0.4) is 0 Å². The Morgan fingerprint density at radius 1 is 1.23 bits per heavy atom. The zero-order valence-electron chi connectivity index (χ0n) is 17.8. The number of anilines is 1. The molecule has 3 rings (SSSR count). The van der Waals surface area contributed by atoms with Crippen LogP contribution in [0, 0.1) is 13.8 Å². The van der Waals surface area contributed by atoms with Gasteiger partial charge in [0.25, 0.3) is 11.8 Å². The van der Waals surface area contributed by atoms with Crippen LogP contribution in [0.15, 0.2) is 18.2 Å². The van der Waals surface area contributed by atoms with Crippen molar-refractivity contribution in [1.29, 1.82) is 0 Å². The van der Waals surface area contributed by atoms with Gasteiger partial charge in [-0.2, -0.15) is 0 Å². The largest absolute Gasteiger partial charge is 0.484 e. The molecule has 0 unspecified atom stereocenters. The number of nitrogens with one attached hydrogen (secondary N) is 2. The number of morpholine rings is 1. The number of rotatable bonds is 6. The van der Waals surface area contributed by atoms with Gasteiger partial charge < -0.3 is 14.4 Å². The molecule has 0 aliphatic carbocycles. The molecule has 8 nitrogen and oxygen atoms in total. The lowest BCUT2D eigenvalue weighted by Crippen LogP contribution is -2.43. The summed E-state index contributed by atoms with van der Waals surface area (Å²) in [7, 11) is 0. The Bertz CT molecular complexity index is 906. The van der Waals surface area contributed by atoms with E-state index >= 15 is 0 Å². The molecule has 0 radical (unpaired) electrons. The molecule has 9 heteroatoms. The molecule has 162 valence electrons. The van der Waals surface area contributed by atoms with E-state index in [-0.39, 0.29) is 6.61 Å². The average Bonchev–Trinajstić information content (AvgIpc) is 3.12. The summed E-state index contributed by atoms with van der Waals surface area (Å²) in [5, 5.41) is 0.788. The van der Waals surface area contributed by atoms with Gasteiger partial charge >= 0.3 is 0 Å². The van der Waals surface area contributed by atoms with Crippen LogP contribution in [0.2, 0.25) is 0 Å². The van der Waals surface area contributed by atoms with E-state index < -0.39 is 11.8 Å². The van der Waals surface area contributed by atoms with Gasteiger partial charge in [0.05, 0.1) is 18.9 Å². The Morgan fingerprint density at radius 3 is 2.63 bits per heavy atom. The van der Waals surface area contributed by atoms with Crippen LogP contribution in [0.25, 0.3) is 0 Å². The standard InChI is InChI=1S/C21H28N4O4S/c1-13(2)17-6-5-16(11-14(17)3)29-12-18(26)23-24-20(27)19-15(4)22-21(30-19)25-7-9-28-10-8-25/h5-6,11,13H,7-10,12H2,1-4H3,(H,23,26)(H,24,27). The van der Waals surface area contributed by atoms with Crippen molar-refractivity contribution in [2.75, 3.05) is 37.8 Å². The van der Waals surface area contributed by atoms with Crippen LogP contribution >= 0.6 is 11.3 Å². The summed E-state index contributed by atoms with van der Waals surface area (Å²) in [5.41, 5.74) is 7.82. The van der Waals surface area contributed by atoms with E-state index in [1.807, 2.05) is 25.1 Å². The van der Waals surface area contributed by atoms with Gasteiger partial charge in [-0.15, -0.1) is 0 Å². The fourth-order valence-corrected chi connectivity index (χ4v) is 4.25. The second-order valence-electron chi connectivity index (χ2n) is 7.47. The molecule has 2 N–H and O–H groups in total. The van der Waals surface area contributed by atoms with Crippen molar-refractivity contribution < 1.29 is 19.1 Å². The Morgan fingerprint density at radius 2 is 1.97 bits per heavy atom. The summed E-state index contributed by atoms with van der Waals surface area (Å²) in [5.74, 6) is 0.211. The molecule has 1 saturated heterocycles. The first-order chi connectivity index (χ1) is 14.3. The van der Waals surface area contributed by atoms with Gasteiger partial charge in [0.2, 0.25) is 0 Å². The number of amides is 2. The number of carbonyl (C=O) groups is 2. The highest BCUT2D eigenvalue weighted by Crippen LogP contribution is 2.26. The number of hydrazine groups is 1. The highest BCUT2D eigenvalue weighted by atomic mass is 32.1. The molecule has 2 amide bonds. The van der Waals surface area contributed by atoms with Gasteiger partial charge in [-0.05, 0) is 43.0 Å². The number of ether oxygens (including phenoxy) is 2. The van der Waals surface area contributed by atoms with Crippen LogP contribution in [0.4, 0.5) is 5.13 Å². The van der Waals surface area contributed by atoms with Crippen molar-refractivity contribution in [3.05, 3.63) is 39.9 Å². The number of aromatic nitrogens is 1. The van der Waals surface area contributed by atoms with Gasteiger partial charge in [-0.1, -0.05) is 31.3 Å². The molecule has 0 saturated carbocycles. The third-order valence-electron chi connectivity index (χ3n) is 4.82. The first-order valence-corrected chi connectivity index (χ1v) is 10.8. The Balaban J connectivity index is 1.49. The number of aryl methyl sites for hydroxylation is 2. The molecule has 1 fully saturated rings. The van der Waals surface area contributed by atoms with Crippen LogP contribution < -0.4 is 20.5 Å².